The molecular weight excluding hydrogens is 264 g/mol. The van der Waals surface area contributed by atoms with Crippen molar-refractivity contribution in [3.8, 4) is 0 Å². The highest BCUT2D eigenvalue weighted by atomic mass is 28.4. The fourth-order valence-electron chi connectivity index (χ4n) is 3.78. The van der Waals surface area contributed by atoms with E-state index >= 15 is 0 Å². The van der Waals surface area contributed by atoms with Gasteiger partial charge < -0.3 is 15.1 Å². The normalized spacial score (nSPS) is 26.1. The summed E-state index contributed by atoms with van der Waals surface area (Å²) in [5.74, 6) is 0. The molecule has 1 aliphatic carbocycles. The van der Waals surface area contributed by atoms with Crippen molar-refractivity contribution in [3.05, 3.63) is 0 Å². The van der Waals surface area contributed by atoms with E-state index in [1.807, 2.05) is 0 Å². The molecule has 1 aliphatic heterocycles. The van der Waals surface area contributed by atoms with E-state index in [2.05, 4.69) is 25.7 Å². The summed E-state index contributed by atoms with van der Waals surface area (Å²) in [7, 11) is -1.47. The summed E-state index contributed by atoms with van der Waals surface area (Å²) in [6, 6.07) is 3.82. The summed E-state index contributed by atoms with van der Waals surface area (Å²) in [4.78, 5) is 2.60. The van der Waals surface area contributed by atoms with Crippen molar-refractivity contribution in [3.63, 3.8) is 0 Å². The van der Waals surface area contributed by atoms with E-state index in [9.17, 15) is 0 Å². The van der Waals surface area contributed by atoms with Crippen molar-refractivity contribution in [2.24, 2.45) is 11.1 Å². The third-order valence-electron chi connectivity index (χ3n) is 5.93. The molecule has 2 fully saturated rings. The van der Waals surface area contributed by atoms with Crippen LogP contribution in [-0.2, 0) is 4.43 Å². The number of nitrogens with two attached hydrogens (primary N) is 1. The van der Waals surface area contributed by atoms with Crippen LogP contribution in [0.15, 0.2) is 0 Å². The van der Waals surface area contributed by atoms with Gasteiger partial charge in [-0.25, -0.2) is 0 Å². The number of likely N-dealkylation sites (tertiary alicyclic amines) is 1. The van der Waals surface area contributed by atoms with Gasteiger partial charge in [-0.15, -0.1) is 0 Å². The van der Waals surface area contributed by atoms with Crippen molar-refractivity contribution < 1.29 is 4.43 Å². The minimum atomic E-state index is -1.47. The second-order valence-electron chi connectivity index (χ2n) is 6.91. The van der Waals surface area contributed by atoms with E-state index in [4.69, 9.17) is 10.2 Å². The molecular formula is C16H34N2OSi. The zero-order valence-corrected chi connectivity index (χ0v) is 14.8. The molecule has 2 rings (SSSR count). The molecule has 1 spiro atoms. The average molecular weight is 299 g/mol. The number of piperidine rings is 1. The van der Waals surface area contributed by atoms with Gasteiger partial charge in [-0.1, -0.05) is 20.8 Å². The molecule has 2 aliphatic rings. The van der Waals surface area contributed by atoms with Gasteiger partial charge in [-0.2, -0.15) is 0 Å². The molecule has 3 nitrogen and oxygen atoms in total. The Labute approximate surface area is 126 Å². The molecule has 0 aromatic heterocycles. The van der Waals surface area contributed by atoms with Crippen LogP contribution in [0.25, 0.3) is 0 Å². The molecule has 1 unspecified atom stereocenters. The highest BCUT2D eigenvalue weighted by molar-refractivity contribution is 6.73. The van der Waals surface area contributed by atoms with Crippen LogP contribution in [0.5, 0.6) is 0 Å². The summed E-state index contributed by atoms with van der Waals surface area (Å²) >= 11 is 0. The Kier molecular flexibility index (Phi) is 5.68. The first-order valence-corrected chi connectivity index (χ1v) is 11.3. The molecule has 4 heteroatoms. The van der Waals surface area contributed by atoms with Crippen molar-refractivity contribution in [1.29, 1.82) is 0 Å². The molecule has 20 heavy (non-hydrogen) atoms. The lowest BCUT2D eigenvalue weighted by Crippen LogP contribution is -2.52. The molecule has 118 valence electrons. The van der Waals surface area contributed by atoms with Gasteiger partial charge in [-0.05, 0) is 68.9 Å². The van der Waals surface area contributed by atoms with Gasteiger partial charge in [0.1, 0.15) is 0 Å². The number of nitrogens with zero attached hydrogens (tertiary/aromatic N) is 1. The molecule has 2 N–H and O–H groups in total. The number of rotatable bonds is 8. The Hall–Kier alpha value is 0.0969. The highest BCUT2D eigenvalue weighted by Gasteiger charge is 2.54. The van der Waals surface area contributed by atoms with E-state index < -0.39 is 8.32 Å². The lowest BCUT2D eigenvalue weighted by molar-refractivity contribution is 0.0184. The summed E-state index contributed by atoms with van der Waals surface area (Å²) < 4.78 is 6.88. The van der Waals surface area contributed by atoms with Gasteiger partial charge in [0.2, 0.25) is 0 Å². The molecule has 0 amide bonds. The molecule has 0 radical (unpaired) electrons. The van der Waals surface area contributed by atoms with E-state index in [1.54, 1.807) is 0 Å². The lowest BCUT2D eigenvalue weighted by atomic mass is 9.90. The van der Waals surface area contributed by atoms with E-state index in [0.717, 1.165) is 26.1 Å². The van der Waals surface area contributed by atoms with E-state index in [0.29, 0.717) is 11.5 Å². The fraction of sp³-hybridized carbons (Fsp3) is 1.00. The predicted molar refractivity (Wildman–Crippen MR) is 88.5 cm³/mol. The number of hydrogen-bond acceptors (Lipinski definition) is 3. The maximum Gasteiger partial charge on any atom is 0.192 e. The second kappa shape index (κ2) is 6.90. The summed E-state index contributed by atoms with van der Waals surface area (Å²) in [5, 5.41) is 0. The zero-order chi connectivity index (χ0) is 14.6. The van der Waals surface area contributed by atoms with Crippen molar-refractivity contribution in [1.82, 2.24) is 4.90 Å². The topological polar surface area (TPSA) is 38.5 Å². The first-order valence-electron chi connectivity index (χ1n) is 8.74. The lowest BCUT2D eigenvalue weighted by Gasteiger charge is -2.44. The van der Waals surface area contributed by atoms with Crippen LogP contribution in [0.2, 0.25) is 18.1 Å². The first kappa shape index (κ1) is 16.5. The molecule has 1 atom stereocenters. The van der Waals surface area contributed by atoms with Gasteiger partial charge >= 0.3 is 0 Å². The maximum absolute atomic E-state index is 6.88. The van der Waals surface area contributed by atoms with Gasteiger partial charge in [0.15, 0.2) is 8.32 Å². The fourth-order valence-corrected chi connectivity index (χ4v) is 6.70. The SMILES string of the molecule is CC[Si](CC)(CC)OC1CN(CCCN)CCC12CC2. The van der Waals surface area contributed by atoms with Crippen LogP contribution < -0.4 is 5.73 Å². The largest absolute Gasteiger partial charge is 0.412 e. The molecule has 0 bridgehead atoms. The van der Waals surface area contributed by atoms with Crippen LogP contribution in [0.3, 0.4) is 0 Å². The van der Waals surface area contributed by atoms with Gasteiger partial charge in [0.25, 0.3) is 0 Å². The highest BCUT2D eigenvalue weighted by Crippen LogP contribution is 2.55. The third-order valence-corrected chi connectivity index (χ3v) is 10.6. The van der Waals surface area contributed by atoms with Crippen LogP contribution in [0.1, 0.15) is 46.5 Å². The second-order valence-corrected chi connectivity index (χ2v) is 11.6. The number of hydrogen-bond donors (Lipinski definition) is 1. The summed E-state index contributed by atoms with van der Waals surface area (Å²) in [5.41, 5.74) is 6.23. The monoisotopic (exact) mass is 298 g/mol. The minimum Gasteiger partial charge on any atom is -0.412 e. The summed E-state index contributed by atoms with van der Waals surface area (Å²) in [6.07, 6.45) is 5.80. The summed E-state index contributed by atoms with van der Waals surface area (Å²) in [6.45, 7) is 11.4. The van der Waals surface area contributed by atoms with Gasteiger partial charge in [0, 0.05) is 6.54 Å². The van der Waals surface area contributed by atoms with Crippen LogP contribution in [-0.4, -0.2) is 45.5 Å². The van der Waals surface area contributed by atoms with Gasteiger partial charge in [0.05, 0.1) is 6.10 Å². The van der Waals surface area contributed by atoms with Crippen LogP contribution in [0.4, 0.5) is 0 Å². The third kappa shape index (κ3) is 3.46. The Morgan fingerprint density at radius 2 is 1.80 bits per heavy atom. The Morgan fingerprint density at radius 3 is 2.30 bits per heavy atom. The van der Waals surface area contributed by atoms with Crippen LogP contribution >= 0.6 is 0 Å². The first-order chi connectivity index (χ1) is 9.63. The molecule has 0 aromatic carbocycles. The Morgan fingerprint density at radius 1 is 1.15 bits per heavy atom. The quantitative estimate of drug-likeness (QED) is 0.699. The van der Waals surface area contributed by atoms with Crippen molar-refractivity contribution in [2.45, 2.75) is 70.7 Å². The Balaban J connectivity index is 1.99. The van der Waals surface area contributed by atoms with Crippen LogP contribution in [0, 0.1) is 5.41 Å². The minimum absolute atomic E-state index is 0.514. The Bertz CT molecular complexity index is 295. The van der Waals surface area contributed by atoms with Crippen molar-refractivity contribution in [2.75, 3.05) is 26.2 Å². The predicted octanol–water partition coefficient (Wildman–Crippen LogP) is 3.21. The molecule has 1 saturated heterocycles. The smallest absolute Gasteiger partial charge is 0.192 e. The zero-order valence-electron chi connectivity index (χ0n) is 13.8. The van der Waals surface area contributed by atoms with E-state index in [1.165, 1.54) is 43.9 Å². The van der Waals surface area contributed by atoms with E-state index in [-0.39, 0.29) is 0 Å². The molecule has 1 saturated carbocycles. The van der Waals surface area contributed by atoms with Gasteiger partial charge in [-0.3, -0.25) is 0 Å². The van der Waals surface area contributed by atoms with Crippen molar-refractivity contribution >= 4 is 8.32 Å². The average Bonchev–Trinajstić information content (AvgIpc) is 3.26. The standard InChI is InChI=1S/C16H34N2OSi/c1-4-20(5-2,6-3)19-15-14-18(12-7-11-17)13-10-16(15)8-9-16/h15H,4-14,17H2,1-3H3. The molecule has 1 heterocycles. The maximum atomic E-state index is 6.88. The molecule has 0 aromatic rings.